The van der Waals surface area contributed by atoms with Crippen molar-refractivity contribution in [2.45, 2.75) is 49.0 Å². The maximum Gasteiger partial charge on any atom is 0.407 e. The maximum absolute atomic E-state index is 12.9. The third-order valence-electron chi connectivity index (χ3n) is 7.44. The summed E-state index contributed by atoms with van der Waals surface area (Å²) in [7, 11) is 0. The number of ether oxygens (including phenoxy) is 1. The maximum atomic E-state index is 12.9. The van der Waals surface area contributed by atoms with Crippen molar-refractivity contribution in [2.24, 2.45) is 11.8 Å². The second kappa shape index (κ2) is 4.81. The number of carbonyl (C=O) groups excluding carboxylic acids is 2. The van der Waals surface area contributed by atoms with Gasteiger partial charge in [-0.15, -0.1) is 0 Å². The fraction of sp³-hybridized carbons (Fsp3) is 0.619. The third-order valence-corrected chi connectivity index (χ3v) is 7.44. The average Bonchev–Trinajstić information content (AvgIpc) is 3.52. The van der Waals surface area contributed by atoms with Gasteiger partial charge in [-0.25, -0.2) is 4.79 Å². The molecule has 2 amide bonds. The zero-order chi connectivity index (χ0) is 17.5. The Labute approximate surface area is 153 Å². The summed E-state index contributed by atoms with van der Waals surface area (Å²) in [6.45, 7) is 2.19. The van der Waals surface area contributed by atoms with E-state index in [9.17, 15) is 9.59 Å². The lowest BCUT2D eigenvalue weighted by Crippen LogP contribution is -2.58. The van der Waals surface area contributed by atoms with Crippen LogP contribution in [-0.4, -0.2) is 42.1 Å². The first-order chi connectivity index (χ1) is 12.6. The number of alkyl carbamates (subject to hydrolysis) is 1. The van der Waals surface area contributed by atoms with E-state index in [2.05, 4.69) is 34.5 Å². The van der Waals surface area contributed by atoms with Gasteiger partial charge in [0.2, 0.25) is 5.91 Å². The van der Waals surface area contributed by atoms with E-state index in [-0.39, 0.29) is 28.9 Å². The van der Waals surface area contributed by atoms with Crippen molar-refractivity contribution < 1.29 is 14.3 Å². The molecule has 0 radical (unpaired) electrons. The topological polar surface area (TPSA) is 58.6 Å². The van der Waals surface area contributed by atoms with Crippen LogP contribution in [-0.2, 0) is 14.9 Å². The molecule has 2 aliphatic heterocycles. The molecule has 2 saturated heterocycles. The minimum atomic E-state index is -0.340. The van der Waals surface area contributed by atoms with Gasteiger partial charge in [0.25, 0.3) is 0 Å². The van der Waals surface area contributed by atoms with Gasteiger partial charge in [-0.3, -0.25) is 4.79 Å². The summed E-state index contributed by atoms with van der Waals surface area (Å²) >= 11 is 0. The molecule has 1 aromatic rings. The highest BCUT2D eigenvalue weighted by molar-refractivity contribution is 5.82. The van der Waals surface area contributed by atoms with Crippen LogP contribution in [0.2, 0.25) is 0 Å². The normalized spacial score (nSPS) is 40.0. The van der Waals surface area contributed by atoms with Crippen molar-refractivity contribution in [1.29, 1.82) is 0 Å². The number of hydrogen-bond acceptors (Lipinski definition) is 3. The number of likely N-dealkylation sites (tertiary alicyclic amines) is 1. The summed E-state index contributed by atoms with van der Waals surface area (Å²) in [4.78, 5) is 26.3. The van der Waals surface area contributed by atoms with E-state index in [0.717, 1.165) is 31.8 Å². The zero-order valence-corrected chi connectivity index (χ0v) is 14.9. The first-order valence-electron chi connectivity index (χ1n) is 9.91. The van der Waals surface area contributed by atoms with Gasteiger partial charge < -0.3 is 15.0 Å². The molecule has 1 aromatic carbocycles. The van der Waals surface area contributed by atoms with Crippen LogP contribution < -0.4 is 5.32 Å². The van der Waals surface area contributed by atoms with Crippen LogP contribution in [0, 0.1) is 11.8 Å². The molecule has 5 nitrogen and oxygen atoms in total. The van der Waals surface area contributed by atoms with Crippen molar-refractivity contribution in [1.82, 2.24) is 10.2 Å². The molecule has 2 unspecified atom stereocenters. The van der Waals surface area contributed by atoms with Crippen molar-refractivity contribution in [3.05, 3.63) is 35.4 Å². The number of benzene rings is 1. The van der Waals surface area contributed by atoms with E-state index in [0.29, 0.717) is 12.5 Å². The molecule has 3 saturated carbocycles. The highest BCUT2D eigenvalue weighted by Crippen LogP contribution is 2.60. The minimum Gasteiger partial charge on any atom is -0.447 e. The fourth-order valence-corrected chi connectivity index (χ4v) is 5.65. The number of nitrogens with zero attached hydrogens (tertiary/aromatic N) is 1. The van der Waals surface area contributed by atoms with Gasteiger partial charge in [-0.05, 0) is 55.1 Å². The van der Waals surface area contributed by atoms with Crippen LogP contribution in [0.3, 0.4) is 0 Å². The molecule has 1 N–H and O–H groups in total. The van der Waals surface area contributed by atoms with E-state index in [1.807, 2.05) is 0 Å². The molecule has 1 spiro atoms. The molecule has 5 fully saturated rings. The molecule has 5 heteroatoms. The summed E-state index contributed by atoms with van der Waals surface area (Å²) in [5.74, 6) is 1.73. The highest BCUT2D eigenvalue weighted by Gasteiger charge is 2.63. The Morgan fingerprint density at radius 2 is 2.08 bits per heavy atom. The number of fused-ring (bicyclic) bond motifs is 1. The standard InChI is InChI=1S/C21H24N2O3/c24-18(15-7-20(8-15)12-26-19(25)22-20)23-10-17-9-21(17,11-23)16-3-1-2-14(6-16)13-4-5-13/h1-3,6,13,15,17H,4-5,7-12H2,(H,22,25)/t15-,17?,20+,21?. The predicted molar refractivity (Wildman–Crippen MR) is 94.7 cm³/mol. The Bertz CT molecular complexity index is 811. The van der Waals surface area contributed by atoms with Crippen LogP contribution in [0.5, 0.6) is 0 Å². The second-order valence-electron chi connectivity index (χ2n) is 9.26. The fourth-order valence-electron chi connectivity index (χ4n) is 5.65. The second-order valence-corrected chi connectivity index (χ2v) is 9.26. The number of cyclic esters (lactones) is 1. The molecular weight excluding hydrogens is 328 g/mol. The zero-order valence-electron chi connectivity index (χ0n) is 14.9. The Kier molecular flexibility index (Phi) is 2.79. The molecule has 3 aliphatic carbocycles. The van der Waals surface area contributed by atoms with Gasteiger partial charge >= 0.3 is 6.09 Å². The van der Waals surface area contributed by atoms with E-state index in [4.69, 9.17) is 4.74 Å². The molecular formula is C21H24N2O3. The summed E-state index contributed by atoms with van der Waals surface area (Å²) in [6.07, 6.45) is 4.99. The Balaban J connectivity index is 1.14. The van der Waals surface area contributed by atoms with Gasteiger partial charge in [0.1, 0.15) is 6.61 Å². The largest absolute Gasteiger partial charge is 0.447 e. The number of nitrogens with one attached hydrogen (secondary N) is 1. The van der Waals surface area contributed by atoms with Gasteiger partial charge in [0.15, 0.2) is 0 Å². The number of hydrogen-bond donors (Lipinski definition) is 1. The molecule has 2 heterocycles. The Hall–Kier alpha value is -2.04. The lowest BCUT2D eigenvalue weighted by molar-refractivity contribution is -0.140. The van der Waals surface area contributed by atoms with Crippen LogP contribution in [0.25, 0.3) is 0 Å². The van der Waals surface area contributed by atoms with Crippen LogP contribution in [0.1, 0.15) is 49.1 Å². The van der Waals surface area contributed by atoms with E-state index in [1.54, 1.807) is 0 Å². The van der Waals surface area contributed by atoms with Gasteiger partial charge in [0, 0.05) is 24.4 Å². The van der Waals surface area contributed by atoms with Gasteiger partial charge in [0.05, 0.1) is 5.54 Å². The summed E-state index contributed by atoms with van der Waals surface area (Å²) in [5.41, 5.74) is 2.89. The van der Waals surface area contributed by atoms with Crippen molar-refractivity contribution in [2.75, 3.05) is 19.7 Å². The van der Waals surface area contributed by atoms with Crippen LogP contribution in [0.4, 0.5) is 4.79 Å². The number of piperidine rings is 1. The van der Waals surface area contributed by atoms with Gasteiger partial charge in [-0.2, -0.15) is 0 Å². The first-order valence-corrected chi connectivity index (χ1v) is 9.91. The summed E-state index contributed by atoms with van der Waals surface area (Å²) in [5, 5.41) is 2.88. The SMILES string of the molecule is O=C1N[C@]2(CO1)C[C@H](C(=O)N1CC3CC3(c3cccc(C4CC4)c3)C1)C2. The van der Waals surface area contributed by atoms with E-state index >= 15 is 0 Å². The highest BCUT2D eigenvalue weighted by atomic mass is 16.6. The monoisotopic (exact) mass is 352 g/mol. The Morgan fingerprint density at radius 3 is 2.81 bits per heavy atom. The number of amides is 2. The molecule has 2 atom stereocenters. The summed E-state index contributed by atoms with van der Waals surface area (Å²) < 4.78 is 5.02. The van der Waals surface area contributed by atoms with Crippen molar-refractivity contribution in [3.8, 4) is 0 Å². The van der Waals surface area contributed by atoms with Crippen LogP contribution >= 0.6 is 0 Å². The lowest BCUT2D eigenvalue weighted by atomic mass is 9.68. The lowest BCUT2D eigenvalue weighted by Gasteiger charge is -2.43. The minimum absolute atomic E-state index is 0.0457. The van der Waals surface area contributed by atoms with Crippen LogP contribution in [0.15, 0.2) is 24.3 Å². The molecule has 0 aromatic heterocycles. The molecule has 136 valence electrons. The number of rotatable bonds is 3. The van der Waals surface area contributed by atoms with E-state index in [1.165, 1.54) is 30.4 Å². The van der Waals surface area contributed by atoms with Crippen molar-refractivity contribution in [3.63, 3.8) is 0 Å². The average molecular weight is 352 g/mol. The van der Waals surface area contributed by atoms with Gasteiger partial charge in [-0.1, -0.05) is 24.3 Å². The third kappa shape index (κ3) is 2.09. The molecule has 0 bridgehead atoms. The summed E-state index contributed by atoms with van der Waals surface area (Å²) in [6, 6.07) is 9.15. The first kappa shape index (κ1) is 15.1. The van der Waals surface area contributed by atoms with Crippen molar-refractivity contribution >= 4 is 12.0 Å². The molecule has 26 heavy (non-hydrogen) atoms. The van der Waals surface area contributed by atoms with E-state index < -0.39 is 0 Å². The smallest absolute Gasteiger partial charge is 0.407 e. The molecule has 6 rings (SSSR count). The Morgan fingerprint density at radius 1 is 1.23 bits per heavy atom. The molecule has 5 aliphatic rings. The quantitative estimate of drug-likeness (QED) is 0.909. The predicted octanol–water partition coefficient (Wildman–Crippen LogP) is 2.55. The number of carbonyl (C=O) groups is 2.